The van der Waals surface area contributed by atoms with E-state index in [-0.39, 0.29) is 6.09 Å². The minimum Gasteiger partial charge on any atom is -0.444 e. The molecule has 0 radical (unpaired) electrons. The summed E-state index contributed by atoms with van der Waals surface area (Å²) < 4.78 is 5.44. The molecule has 1 amide bonds. The van der Waals surface area contributed by atoms with Crippen LogP contribution in [0.25, 0.3) is 0 Å². The topological polar surface area (TPSA) is 93.4 Å². The van der Waals surface area contributed by atoms with Crippen LogP contribution in [0.15, 0.2) is 12.3 Å². The number of carbonyl (C=O) groups is 1. The van der Waals surface area contributed by atoms with Crippen molar-refractivity contribution in [3.8, 4) is 0 Å². The number of anilines is 1. The summed E-state index contributed by atoms with van der Waals surface area (Å²) in [7, 11) is 0. The quantitative estimate of drug-likeness (QED) is 0.883. The summed E-state index contributed by atoms with van der Waals surface area (Å²) in [5.74, 6) is 1.17. The van der Waals surface area contributed by atoms with Crippen molar-refractivity contribution in [2.75, 3.05) is 18.8 Å². The summed E-state index contributed by atoms with van der Waals surface area (Å²) in [6.45, 7) is 7.68. The molecule has 1 aliphatic rings. The molecule has 23 heavy (non-hydrogen) atoms. The molecule has 1 atom stereocenters. The molecule has 0 spiro atoms. The van der Waals surface area contributed by atoms with Crippen LogP contribution in [0.5, 0.6) is 0 Å². The van der Waals surface area contributed by atoms with Crippen molar-refractivity contribution >= 4 is 11.9 Å². The maximum Gasteiger partial charge on any atom is 0.410 e. The lowest BCUT2D eigenvalue weighted by Crippen LogP contribution is -2.38. The first kappa shape index (κ1) is 17.5. The lowest BCUT2D eigenvalue weighted by molar-refractivity contribution is 0.0256. The van der Waals surface area contributed by atoms with Gasteiger partial charge in [-0.3, -0.25) is 0 Å². The third-order valence-corrected chi connectivity index (χ3v) is 3.66. The van der Waals surface area contributed by atoms with Crippen LogP contribution in [0.2, 0.25) is 0 Å². The number of nitrogens with two attached hydrogens (primary N) is 1. The normalized spacial score (nSPS) is 19.3. The van der Waals surface area contributed by atoms with Crippen molar-refractivity contribution in [3.63, 3.8) is 0 Å². The van der Waals surface area contributed by atoms with E-state index in [2.05, 4.69) is 15.3 Å². The van der Waals surface area contributed by atoms with Crippen LogP contribution in [0.4, 0.5) is 10.6 Å². The second kappa shape index (κ2) is 7.59. The highest BCUT2D eigenvalue weighted by molar-refractivity contribution is 5.68. The molecule has 1 aliphatic heterocycles. The van der Waals surface area contributed by atoms with Crippen LogP contribution >= 0.6 is 0 Å². The summed E-state index contributed by atoms with van der Waals surface area (Å²) in [5.41, 5.74) is 5.20. The van der Waals surface area contributed by atoms with Crippen LogP contribution in [0.3, 0.4) is 0 Å². The lowest BCUT2D eigenvalue weighted by Gasteiger charge is -2.26. The van der Waals surface area contributed by atoms with Gasteiger partial charge in [-0.25, -0.2) is 14.8 Å². The number of carbonyl (C=O) groups excluding carboxylic acids is 1. The van der Waals surface area contributed by atoms with E-state index < -0.39 is 5.60 Å². The number of nitrogen functional groups attached to an aromatic ring is 1. The fourth-order valence-corrected chi connectivity index (χ4v) is 2.55. The van der Waals surface area contributed by atoms with Crippen LogP contribution in [-0.2, 0) is 11.3 Å². The molecule has 1 aromatic rings. The molecular weight excluding hydrogens is 294 g/mol. The van der Waals surface area contributed by atoms with Crippen LogP contribution in [0.1, 0.15) is 45.9 Å². The first-order valence-electron chi connectivity index (χ1n) is 8.12. The first-order valence-corrected chi connectivity index (χ1v) is 8.12. The highest BCUT2D eigenvalue weighted by Crippen LogP contribution is 2.15. The van der Waals surface area contributed by atoms with E-state index in [1.54, 1.807) is 17.2 Å². The Morgan fingerprint density at radius 3 is 2.91 bits per heavy atom. The van der Waals surface area contributed by atoms with Crippen molar-refractivity contribution in [1.82, 2.24) is 20.2 Å². The van der Waals surface area contributed by atoms with E-state index in [1.165, 1.54) is 0 Å². The Morgan fingerprint density at radius 1 is 1.43 bits per heavy atom. The number of ether oxygens (including phenoxy) is 1. The van der Waals surface area contributed by atoms with Gasteiger partial charge in [-0.05, 0) is 46.1 Å². The van der Waals surface area contributed by atoms with Crippen LogP contribution in [0, 0.1) is 0 Å². The molecular formula is C16H27N5O2. The lowest BCUT2D eigenvalue weighted by atomic mass is 10.1. The molecule has 2 rings (SSSR count). The van der Waals surface area contributed by atoms with Gasteiger partial charge < -0.3 is 20.7 Å². The zero-order valence-electron chi connectivity index (χ0n) is 14.2. The molecule has 1 fully saturated rings. The van der Waals surface area contributed by atoms with Crippen molar-refractivity contribution in [2.45, 2.75) is 58.2 Å². The summed E-state index contributed by atoms with van der Waals surface area (Å²) >= 11 is 0. The van der Waals surface area contributed by atoms with Crippen molar-refractivity contribution in [1.29, 1.82) is 0 Å². The van der Waals surface area contributed by atoms with Gasteiger partial charge in [-0.2, -0.15) is 0 Å². The number of aromatic nitrogens is 2. The van der Waals surface area contributed by atoms with Gasteiger partial charge in [0.2, 0.25) is 0 Å². The zero-order valence-corrected chi connectivity index (χ0v) is 14.2. The largest absolute Gasteiger partial charge is 0.444 e. The van der Waals surface area contributed by atoms with E-state index in [0.717, 1.165) is 25.8 Å². The SMILES string of the molecule is CC(C)(C)OC(=O)N1CCC[C@H](NCc2nccc(N)n2)CC1. The third-order valence-electron chi connectivity index (χ3n) is 3.66. The Hall–Kier alpha value is -1.89. The maximum atomic E-state index is 12.1. The molecule has 7 nitrogen and oxygen atoms in total. The van der Waals surface area contributed by atoms with Gasteiger partial charge in [0.25, 0.3) is 0 Å². The highest BCUT2D eigenvalue weighted by Gasteiger charge is 2.25. The Kier molecular flexibility index (Phi) is 5.76. The third kappa shape index (κ3) is 6.02. The number of hydrogen-bond donors (Lipinski definition) is 2. The van der Waals surface area contributed by atoms with Gasteiger partial charge in [-0.1, -0.05) is 0 Å². The Morgan fingerprint density at radius 2 is 2.22 bits per heavy atom. The fourth-order valence-electron chi connectivity index (χ4n) is 2.55. The number of likely N-dealkylation sites (tertiary alicyclic amines) is 1. The molecule has 1 aromatic heterocycles. The van der Waals surface area contributed by atoms with Gasteiger partial charge in [0.1, 0.15) is 17.2 Å². The van der Waals surface area contributed by atoms with Crippen molar-refractivity contribution in [2.24, 2.45) is 0 Å². The van der Waals surface area contributed by atoms with Crippen molar-refractivity contribution in [3.05, 3.63) is 18.1 Å². The van der Waals surface area contributed by atoms with Crippen LogP contribution < -0.4 is 11.1 Å². The smallest absolute Gasteiger partial charge is 0.410 e. The van der Waals surface area contributed by atoms with Gasteiger partial charge >= 0.3 is 6.09 Å². The molecule has 0 aromatic carbocycles. The summed E-state index contributed by atoms with van der Waals surface area (Å²) in [5, 5.41) is 3.45. The molecule has 128 valence electrons. The number of nitrogens with one attached hydrogen (secondary N) is 1. The molecule has 0 aliphatic carbocycles. The standard InChI is InChI=1S/C16H27N5O2/c1-16(2,3)23-15(22)21-9-4-5-12(7-10-21)19-11-14-18-8-6-13(17)20-14/h6,8,12,19H,4-5,7,9-11H2,1-3H3,(H2,17,18,20)/t12-/m0/s1. The van der Waals surface area contributed by atoms with Gasteiger partial charge in [-0.15, -0.1) is 0 Å². The van der Waals surface area contributed by atoms with Gasteiger partial charge in [0.15, 0.2) is 0 Å². The first-order chi connectivity index (χ1) is 10.8. The predicted molar refractivity (Wildman–Crippen MR) is 88.7 cm³/mol. The number of rotatable bonds is 3. The van der Waals surface area contributed by atoms with Gasteiger partial charge in [0, 0.05) is 25.3 Å². The van der Waals surface area contributed by atoms with E-state index in [9.17, 15) is 4.79 Å². The van der Waals surface area contributed by atoms with E-state index in [4.69, 9.17) is 10.5 Å². The number of nitrogens with zero attached hydrogens (tertiary/aromatic N) is 3. The monoisotopic (exact) mass is 321 g/mol. The Bertz CT molecular complexity index is 529. The van der Waals surface area contributed by atoms with E-state index in [1.807, 2.05) is 20.8 Å². The summed E-state index contributed by atoms with van der Waals surface area (Å²) in [6.07, 6.45) is 4.30. The summed E-state index contributed by atoms with van der Waals surface area (Å²) in [4.78, 5) is 22.3. The second-order valence-corrected chi connectivity index (χ2v) is 6.87. The molecule has 0 saturated carbocycles. The summed E-state index contributed by atoms with van der Waals surface area (Å²) in [6, 6.07) is 2.01. The average molecular weight is 321 g/mol. The maximum absolute atomic E-state index is 12.1. The van der Waals surface area contributed by atoms with E-state index >= 15 is 0 Å². The minimum atomic E-state index is -0.453. The van der Waals surface area contributed by atoms with Gasteiger partial charge in [0.05, 0.1) is 6.54 Å². The molecule has 7 heteroatoms. The number of amides is 1. The molecule has 1 saturated heterocycles. The Balaban J connectivity index is 1.80. The molecule has 0 unspecified atom stereocenters. The zero-order chi connectivity index (χ0) is 16.9. The fraction of sp³-hybridized carbons (Fsp3) is 0.688. The van der Waals surface area contributed by atoms with Crippen molar-refractivity contribution < 1.29 is 9.53 Å². The molecule has 2 heterocycles. The Labute approximate surface area is 137 Å². The van der Waals surface area contributed by atoms with E-state index in [0.29, 0.717) is 30.8 Å². The molecule has 3 N–H and O–H groups in total. The predicted octanol–water partition coefficient (Wildman–Crippen LogP) is 1.94. The second-order valence-electron chi connectivity index (χ2n) is 6.87. The molecule has 0 bridgehead atoms. The average Bonchev–Trinajstić information content (AvgIpc) is 2.69. The minimum absolute atomic E-state index is 0.225. The number of hydrogen-bond acceptors (Lipinski definition) is 6. The highest BCUT2D eigenvalue weighted by atomic mass is 16.6. The van der Waals surface area contributed by atoms with Crippen LogP contribution in [-0.4, -0.2) is 45.7 Å².